The molecule has 0 spiro atoms. The minimum Gasteiger partial charge on any atom is -0.391 e. The van der Waals surface area contributed by atoms with Crippen molar-refractivity contribution in [3.8, 4) is 0 Å². The Morgan fingerprint density at radius 3 is 2.54 bits per heavy atom. The van der Waals surface area contributed by atoms with Crippen molar-refractivity contribution >= 4 is 22.6 Å². The predicted molar refractivity (Wildman–Crippen MR) is 62.5 cm³/mol. The Labute approximate surface area is 92.3 Å². The van der Waals surface area contributed by atoms with Crippen LogP contribution in [0.3, 0.4) is 0 Å². The number of aliphatic hydroxyl groups is 1. The lowest BCUT2D eigenvalue weighted by Crippen LogP contribution is -2.23. The highest BCUT2D eigenvalue weighted by molar-refractivity contribution is 14.1. The number of hydrogen-bond acceptors (Lipinski definition) is 2. The lowest BCUT2D eigenvalue weighted by atomic mass is 10.0. The Kier molecular flexibility index (Phi) is 3.70. The van der Waals surface area contributed by atoms with Gasteiger partial charge in [-0.05, 0) is 53.6 Å². The molecule has 0 saturated heterocycles. The number of hydrogen-bond donors (Lipinski definition) is 2. The Morgan fingerprint density at radius 1 is 1.46 bits per heavy atom. The van der Waals surface area contributed by atoms with E-state index in [-0.39, 0.29) is 6.04 Å². The maximum Gasteiger partial charge on any atom is 0.0704 e. The zero-order valence-corrected chi connectivity index (χ0v) is 9.95. The molecule has 72 valence electrons. The van der Waals surface area contributed by atoms with Crippen LogP contribution in [-0.4, -0.2) is 11.2 Å². The zero-order chi connectivity index (χ0) is 10.0. The average Bonchev–Trinajstić information content (AvgIpc) is 2.08. The topological polar surface area (TPSA) is 46.2 Å². The number of aliphatic hydroxyl groups excluding tert-OH is 1. The molecule has 0 aromatic heterocycles. The van der Waals surface area contributed by atoms with E-state index >= 15 is 0 Å². The van der Waals surface area contributed by atoms with Crippen LogP contribution >= 0.6 is 22.6 Å². The molecule has 13 heavy (non-hydrogen) atoms. The highest BCUT2D eigenvalue weighted by atomic mass is 127. The van der Waals surface area contributed by atoms with Crippen molar-refractivity contribution in [2.45, 2.75) is 26.0 Å². The number of nitrogens with two attached hydrogens (primary N) is 1. The van der Waals surface area contributed by atoms with Crippen molar-refractivity contribution in [2.24, 2.45) is 5.73 Å². The van der Waals surface area contributed by atoms with E-state index < -0.39 is 6.10 Å². The van der Waals surface area contributed by atoms with Crippen LogP contribution in [0.1, 0.15) is 24.1 Å². The molecule has 0 fully saturated rings. The SMILES string of the molecule is Cc1ccc([C@H](N)[C@@H](C)O)cc1I. The lowest BCUT2D eigenvalue weighted by Gasteiger charge is -2.15. The summed E-state index contributed by atoms with van der Waals surface area (Å²) in [4.78, 5) is 0. The van der Waals surface area contributed by atoms with Gasteiger partial charge < -0.3 is 10.8 Å². The van der Waals surface area contributed by atoms with Crippen molar-refractivity contribution in [3.63, 3.8) is 0 Å². The zero-order valence-electron chi connectivity index (χ0n) is 7.79. The monoisotopic (exact) mass is 291 g/mol. The minimum atomic E-state index is -0.501. The molecular weight excluding hydrogens is 277 g/mol. The van der Waals surface area contributed by atoms with E-state index in [2.05, 4.69) is 29.5 Å². The van der Waals surface area contributed by atoms with Gasteiger partial charge in [-0.3, -0.25) is 0 Å². The number of aryl methyl sites for hydroxylation is 1. The Bertz CT molecular complexity index is 299. The van der Waals surface area contributed by atoms with E-state index in [0.717, 1.165) is 5.56 Å². The van der Waals surface area contributed by atoms with Crippen LogP contribution in [0.2, 0.25) is 0 Å². The quantitative estimate of drug-likeness (QED) is 0.818. The summed E-state index contributed by atoms with van der Waals surface area (Å²) in [5.41, 5.74) is 8.03. The molecule has 0 amide bonds. The van der Waals surface area contributed by atoms with Crippen LogP contribution in [0.4, 0.5) is 0 Å². The second kappa shape index (κ2) is 4.39. The summed E-state index contributed by atoms with van der Waals surface area (Å²) in [5.74, 6) is 0. The highest BCUT2D eigenvalue weighted by Gasteiger charge is 2.12. The summed E-state index contributed by atoms with van der Waals surface area (Å²) in [6.07, 6.45) is -0.501. The largest absolute Gasteiger partial charge is 0.391 e. The first-order valence-electron chi connectivity index (χ1n) is 4.22. The fraction of sp³-hybridized carbons (Fsp3) is 0.400. The van der Waals surface area contributed by atoms with Crippen LogP contribution in [0, 0.1) is 10.5 Å². The number of halogens is 1. The Balaban J connectivity index is 2.97. The second-order valence-corrected chi connectivity index (χ2v) is 4.44. The van der Waals surface area contributed by atoms with Gasteiger partial charge in [0.05, 0.1) is 12.1 Å². The van der Waals surface area contributed by atoms with E-state index in [1.54, 1.807) is 6.92 Å². The van der Waals surface area contributed by atoms with Gasteiger partial charge in [-0.15, -0.1) is 0 Å². The summed E-state index contributed by atoms with van der Waals surface area (Å²) in [6.45, 7) is 3.76. The van der Waals surface area contributed by atoms with Gasteiger partial charge in [0.2, 0.25) is 0 Å². The third kappa shape index (κ3) is 2.65. The molecule has 1 aromatic carbocycles. The Hall–Kier alpha value is -0.130. The second-order valence-electron chi connectivity index (χ2n) is 3.28. The minimum absolute atomic E-state index is 0.283. The highest BCUT2D eigenvalue weighted by Crippen LogP contribution is 2.19. The Morgan fingerprint density at radius 2 is 2.08 bits per heavy atom. The summed E-state index contributed by atoms with van der Waals surface area (Å²) in [6, 6.07) is 5.73. The molecule has 0 heterocycles. The molecule has 0 aliphatic heterocycles. The van der Waals surface area contributed by atoms with Gasteiger partial charge >= 0.3 is 0 Å². The van der Waals surface area contributed by atoms with Gasteiger partial charge in [-0.2, -0.15) is 0 Å². The number of rotatable bonds is 2. The first-order chi connectivity index (χ1) is 6.02. The van der Waals surface area contributed by atoms with Gasteiger partial charge in [0.15, 0.2) is 0 Å². The van der Waals surface area contributed by atoms with Gasteiger partial charge in [-0.1, -0.05) is 12.1 Å². The van der Waals surface area contributed by atoms with Crippen molar-refractivity contribution < 1.29 is 5.11 Å². The molecule has 0 aliphatic rings. The molecule has 3 heteroatoms. The van der Waals surface area contributed by atoms with Crippen LogP contribution in [0.25, 0.3) is 0 Å². The predicted octanol–water partition coefficient (Wildman–Crippen LogP) is 1.98. The van der Waals surface area contributed by atoms with Crippen LogP contribution < -0.4 is 5.73 Å². The molecule has 1 aromatic rings. The van der Waals surface area contributed by atoms with Gasteiger partial charge in [0.25, 0.3) is 0 Å². The first-order valence-corrected chi connectivity index (χ1v) is 5.30. The van der Waals surface area contributed by atoms with E-state index in [4.69, 9.17) is 5.73 Å². The van der Waals surface area contributed by atoms with Crippen molar-refractivity contribution in [3.05, 3.63) is 32.9 Å². The third-order valence-electron chi connectivity index (χ3n) is 2.10. The van der Waals surface area contributed by atoms with E-state index in [9.17, 15) is 5.11 Å². The molecular formula is C10H14INO. The normalized spacial score (nSPS) is 15.5. The maximum atomic E-state index is 9.31. The third-order valence-corrected chi connectivity index (χ3v) is 3.26. The van der Waals surface area contributed by atoms with E-state index in [1.165, 1.54) is 9.13 Å². The van der Waals surface area contributed by atoms with E-state index in [1.807, 2.05) is 18.2 Å². The summed E-state index contributed by atoms with van der Waals surface area (Å²) in [7, 11) is 0. The number of benzene rings is 1. The molecule has 0 saturated carbocycles. The molecule has 0 unspecified atom stereocenters. The molecule has 3 N–H and O–H groups in total. The van der Waals surface area contributed by atoms with Gasteiger partial charge in [0, 0.05) is 3.57 Å². The summed E-state index contributed by atoms with van der Waals surface area (Å²) < 4.78 is 1.19. The van der Waals surface area contributed by atoms with Crippen molar-refractivity contribution in [1.82, 2.24) is 0 Å². The van der Waals surface area contributed by atoms with Gasteiger partial charge in [0.1, 0.15) is 0 Å². The molecule has 0 bridgehead atoms. The maximum absolute atomic E-state index is 9.31. The summed E-state index contributed by atoms with van der Waals surface area (Å²) >= 11 is 2.27. The van der Waals surface area contributed by atoms with E-state index in [0.29, 0.717) is 0 Å². The first kappa shape index (κ1) is 10.9. The molecule has 0 radical (unpaired) electrons. The molecule has 2 atom stereocenters. The van der Waals surface area contributed by atoms with Gasteiger partial charge in [-0.25, -0.2) is 0 Å². The van der Waals surface area contributed by atoms with Crippen LogP contribution in [0.15, 0.2) is 18.2 Å². The van der Waals surface area contributed by atoms with Crippen LogP contribution in [0.5, 0.6) is 0 Å². The van der Waals surface area contributed by atoms with Crippen molar-refractivity contribution in [1.29, 1.82) is 0 Å². The van der Waals surface area contributed by atoms with Crippen molar-refractivity contribution in [2.75, 3.05) is 0 Å². The fourth-order valence-corrected chi connectivity index (χ4v) is 1.63. The molecule has 0 aliphatic carbocycles. The molecule has 2 nitrogen and oxygen atoms in total. The fourth-order valence-electron chi connectivity index (χ4n) is 1.09. The van der Waals surface area contributed by atoms with Crippen LogP contribution in [-0.2, 0) is 0 Å². The lowest BCUT2D eigenvalue weighted by molar-refractivity contribution is 0.164. The smallest absolute Gasteiger partial charge is 0.0704 e. The molecule has 1 rings (SSSR count). The average molecular weight is 291 g/mol. The standard InChI is InChI=1S/C10H14INO/c1-6-3-4-8(5-9(6)11)10(12)7(2)13/h3-5,7,10,13H,12H2,1-2H3/t7-,10-/m1/s1. The summed E-state index contributed by atoms with van der Waals surface area (Å²) in [5, 5.41) is 9.31.